The SMILES string of the molecule is CC(C)C1NC(=O)C2(CCCC2)N(CCCF)C1=O. The Morgan fingerprint density at radius 3 is 2.53 bits per heavy atom. The van der Waals surface area contributed by atoms with E-state index in [1.807, 2.05) is 13.8 Å². The van der Waals surface area contributed by atoms with E-state index in [1.54, 1.807) is 4.90 Å². The summed E-state index contributed by atoms with van der Waals surface area (Å²) in [5.74, 6) is -0.0183. The zero-order chi connectivity index (χ0) is 14.0. The molecule has 2 amide bonds. The summed E-state index contributed by atoms with van der Waals surface area (Å²) in [5, 5.41) is 2.88. The molecule has 1 heterocycles. The van der Waals surface area contributed by atoms with Gasteiger partial charge in [0.15, 0.2) is 0 Å². The number of alkyl halides is 1. The number of nitrogens with one attached hydrogen (secondary N) is 1. The summed E-state index contributed by atoms with van der Waals surface area (Å²) in [6.07, 6.45) is 3.65. The topological polar surface area (TPSA) is 49.4 Å². The van der Waals surface area contributed by atoms with E-state index in [0.29, 0.717) is 25.8 Å². The van der Waals surface area contributed by atoms with Gasteiger partial charge in [0.1, 0.15) is 11.6 Å². The highest BCUT2D eigenvalue weighted by molar-refractivity contribution is 6.00. The number of rotatable bonds is 4. The molecule has 1 N–H and O–H groups in total. The molecule has 1 saturated carbocycles. The van der Waals surface area contributed by atoms with Crippen LogP contribution in [0.1, 0.15) is 46.0 Å². The van der Waals surface area contributed by atoms with Crippen molar-refractivity contribution in [3.05, 3.63) is 0 Å². The van der Waals surface area contributed by atoms with Crippen molar-refractivity contribution in [2.45, 2.75) is 57.5 Å². The summed E-state index contributed by atoms with van der Waals surface area (Å²) in [7, 11) is 0. The molecule has 1 saturated heterocycles. The lowest BCUT2D eigenvalue weighted by Crippen LogP contribution is -2.70. The van der Waals surface area contributed by atoms with Gasteiger partial charge in [-0.05, 0) is 25.2 Å². The number of nitrogens with zero attached hydrogens (tertiary/aromatic N) is 1. The zero-order valence-corrected chi connectivity index (χ0v) is 11.7. The van der Waals surface area contributed by atoms with E-state index in [4.69, 9.17) is 0 Å². The van der Waals surface area contributed by atoms with E-state index in [9.17, 15) is 14.0 Å². The molecule has 2 fully saturated rings. The van der Waals surface area contributed by atoms with Crippen LogP contribution in [0, 0.1) is 5.92 Å². The van der Waals surface area contributed by atoms with Crippen LogP contribution >= 0.6 is 0 Å². The molecule has 2 rings (SSSR count). The molecule has 5 heteroatoms. The van der Waals surface area contributed by atoms with Gasteiger partial charge in [-0.25, -0.2) is 0 Å². The molecule has 1 aliphatic heterocycles. The van der Waals surface area contributed by atoms with Gasteiger partial charge in [0.05, 0.1) is 6.67 Å². The van der Waals surface area contributed by atoms with Gasteiger partial charge in [-0.1, -0.05) is 26.7 Å². The molecule has 0 aromatic carbocycles. The van der Waals surface area contributed by atoms with Crippen LogP contribution in [0.3, 0.4) is 0 Å². The molecule has 2 aliphatic rings. The second kappa shape index (κ2) is 5.47. The van der Waals surface area contributed by atoms with Gasteiger partial charge in [-0.3, -0.25) is 14.0 Å². The smallest absolute Gasteiger partial charge is 0.246 e. The summed E-state index contributed by atoms with van der Waals surface area (Å²) in [4.78, 5) is 26.7. The van der Waals surface area contributed by atoms with Crippen molar-refractivity contribution in [2.24, 2.45) is 5.92 Å². The van der Waals surface area contributed by atoms with E-state index in [0.717, 1.165) is 12.8 Å². The first kappa shape index (κ1) is 14.3. The summed E-state index contributed by atoms with van der Waals surface area (Å²) in [6, 6.07) is -0.460. The van der Waals surface area contributed by atoms with Crippen molar-refractivity contribution < 1.29 is 14.0 Å². The largest absolute Gasteiger partial charge is 0.342 e. The molecule has 19 heavy (non-hydrogen) atoms. The van der Waals surface area contributed by atoms with Crippen LogP contribution in [-0.2, 0) is 9.59 Å². The molecule has 1 atom stereocenters. The van der Waals surface area contributed by atoms with E-state index < -0.39 is 18.3 Å². The number of carbonyl (C=O) groups is 2. The molecular formula is C14H23FN2O2. The lowest BCUT2D eigenvalue weighted by Gasteiger charge is -2.47. The minimum atomic E-state index is -0.697. The van der Waals surface area contributed by atoms with E-state index >= 15 is 0 Å². The van der Waals surface area contributed by atoms with Gasteiger partial charge < -0.3 is 10.2 Å². The fourth-order valence-electron chi connectivity index (χ4n) is 3.29. The fraction of sp³-hybridized carbons (Fsp3) is 0.857. The standard InChI is InChI=1S/C14H23FN2O2/c1-10(2)11-12(18)17(9-5-8-15)14(13(19)16-11)6-3-4-7-14/h10-11H,3-9H2,1-2H3,(H,16,19). The third-order valence-electron chi connectivity index (χ3n) is 4.37. The third-order valence-corrected chi connectivity index (χ3v) is 4.37. The van der Waals surface area contributed by atoms with Gasteiger partial charge in [0, 0.05) is 6.54 Å². The van der Waals surface area contributed by atoms with Crippen molar-refractivity contribution >= 4 is 11.8 Å². The van der Waals surface area contributed by atoms with Crippen LogP contribution in [0.2, 0.25) is 0 Å². The first-order valence-electron chi connectivity index (χ1n) is 7.21. The quantitative estimate of drug-likeness (QED) is 0.844. The number of carbonyl (C=O) groups excluding carboxylic acids is 2. The molecule has 1 unspecified atom stereocenters. The number of hydrogen-bond acceptors (Lipinski definition) is 2. The third kappa shape index (κ3) is 2.35. The monoisotopic (exact) mass is 270 g/mol. The molecule has 0 bridgehead atoms. The molecule has 0 aromatic heterocycles. The molecule has 0 aromatic rings. The first-order valence-corrected chi connectivity index (χ1v) is 7.21. The van der Waals surface area contributed by atoms with Crippen LogP contribution in [0.25, 0.3) is 0 Å². The maximum Gasteiger partial charge on any atom is 0.246 e. The Bertz CT molecular complexity index is 364. The van der Waals surface area contributed by atoms with Crippen LogP contribution < -0.4 is 5.32 Å². The highest BCUT2D eigenvalue weighted by Gasteiger charge is 2.53. The average molecular weight is 270 g/mol. The first-order chi connectivity index (χ1) is 9.03. The number of halogens is 1. The lowest BCUT2D eigenvalue weighted by molar-refractivity contribution is -0.158. The average Bonchev–Trinajstić information content (AvgIpc) is 2.84. The Morgan fingerprint density at radius 1 is 1.37 bits per heavy atom. The van der Waals surface area contributed by atoms with Crippen molar-refractivity contribution in [3.8, 4) is 0 Å². The number of amides is 2. The summed E-state index contributed by atoms with van der Waals surface area (Å²) >= 11 is 0. The fourth-order valence-corrected chi connectivity index (χ4v) is 3.29. The Kier molecular flexibility index (Phi) is 4.11. The van der Waals surface area contributed by atoms with Crippen LogP contribution in [0.5, 0.6) is 0 Å². The zero-order valence-electron chi connectivity index (χ0n) is 11.7. The molecule has 108 valence electrons. The van der Waals surface area contributed by atoms with Gasteiger partial charge in [0.2, 0.25) is 11.8 Å². The summed E-state index contributed by atoms with van der Waals surface area (Å²) in [6.45, 7) is 3.74. The van der Waals surface area contributed by atoms with Crippen LogP contribution in [-0.4, -0.2) is 41.5 Å². The molecule has 1 spiro atoms. The minimum absolute atomic E-state index is 0.0371. The maximum atomic E-state index is 12.6. The predicted molar refractivity (Wildman–Crippen MR) is 70.3 cm³/mol. The Morgan fingerprint density at radius 2 is 2.00 bits per heavy atom. The summed E-state index contributed by atoms with van der Waals surface area (Å²) < 4.78 is 12.5. The second-order valence-electron chi connectivity index (χ2n) is 5.97. The van der Waals surface area contributed by atoms with E-state index in [1.165, 1.54) is 0 Å². The van der Waals surface area contributed by atoms with Crippen LogP contribution in [0.4, 0.5) is 4.39 Å². The lowest BCUT2D eigenvalue weighted by atomic mass is 9.86. The van der Waals surface area contributed by atoms with E-state index in [-0.39, 0.29) is 17.7 Å². The Hall–Kier alpha value is -1.13. The maximum absolute atomic E-state index is 12.6. The second-order valence-corrected chi connectivity index (χ2v) is 5.97. The Labute approximate surface area is 113 Å². The summed E-state index contributed by atoms with van der Waals surface area (Å²) in [5.41, 5.74) is -0.697. The normalized spacial score (nSPS) is 26.3. The van der Waals surface area contributed by atoms with Gasteiger partial charge in [0.25, 0.3) is 0 Å². The van der Waals surface area contributed by atoms with Gasteiger partial charge in [-0.15, -0.1) is 0 Å². The molecule has 4 nitrogen and oxygen atoms in total. The van der Waals surface area contributed by atoms with E-state index in [2.05, 4.69) is 5.32 Å². The molecule has 0 radical (unpaired) electrons. The number of hydrogen-bond donors (Lipinski definition) is 1. The van der Waals surface area contributed by atoms with Gasteiger partial charge in [-0.2, -0.15) is 0 Å². The van der Waals surface area contributed by atoms with Crippen molar-refractivity contribution in [2.75, 3.05) is 13.2 Å². The van der Waals surface area contributed by atoms with Crippen molar-refractivity contribution in [1.29, 1.82) is 0 Å². The Balaban J connectivity index is 2.27. The molecule has 1 aliphatic carbocycles. The minimum Gasteiger partial charge on any atom is -0.342 e. The highest BCUT2D eigenvalue weighted by Crippen LogP contribution is 2.38. The van der Waals surface area contributed by atoms with Crippen molar-refractivity contribution in [1.82, 2.24) is 10.2 Å². The number of piperazine rings is 1. The van der Waals surface area contributed by atoms with Crippen LogP contribution in [0.15, 0.2) is 0 Å². The highest BCUT2D eigenvalue weighted by atomic mass is 19.1. The predicted octanol–water partition coefficient (Wildman–Crippen LogP) is 1.64. The molecular weight excluding hydrogens is 247 g/mol. The van der Waals surface area contributed by atoms with Gasteiger partial charge >= 0.3 is 0 Å². The van der Waals surface area contributed by atoms with Crippen molar-refractivity contribution in [3.63, 3.8) is 0 Å².